The molecule has 0 atom stereocenters. The van der Waals surface area contributed by atoms with Crippen molar-refractivity contribution < 1.29 is 4.79 Å². The topological polar surface area (TPSA) is 94.7 Å². The second kappa shape index (κ2) is 8.43. The van der Waals surface area contributed by atoms with E-state index in [0.29, 0.717) is 24.3 Å². The molecule has 0 spiro atoms. The first-order valence-electron chi connectivity index (χ1n) is 8.30. The molecule has 1 amide bonds. The highest BCUT2D eigenvalue weighted by atomic mass is 127. The van der Waals surface area contributed by atoms with Crippen LogP contribution >= 0.6 is 45.5 Å². The molecule has 11 heteroatoms. The standard InChI is InChI=1S/C18H12ClIN6O2S/c19-15-6-5-14(29-15)17(27)21-9-11-10-26(24-23-11)13-3-1-12(2-4-13)25-8-7-16(20)22-18(25)28/h1-8,10H,9H2,(H,21,27). The van der Waals surface area contributed by atoms with Crippen molar-refractivity contribution in [2.24, 2.45) is 0 Å². The first-order valence-corrected chi connectivity index (χ1v) is 10.6. The minimum atomic E-state index is -0.338. The lowest BCUT2D eigenvalue weighted by atomic mass is 10.2. The number of nitrogens with one attached hydrogen (secondary N) is 1. The maximum Gasteiger partial charge on any atom is 0.353 e. The second-order valence-electron chi connectivity index (χ2n) is 5.86. The fourth-order valence-electron chi connectivity index (χ4n) is 2.54. The molecule has 4 rings (SSSR count). The van der Waals surface area contributed by atoms with Crippen molar-refractivity contribution in [2.45, 2.75) is 6.54 Å². The van der Waals surface area contributed by atoms with Gasteiger partial charge in [0.1, 0.15) is 9.39 Å². The Balaban J connectivity index is 1.45. The zero-order valence-electron chi connectivity index (χ0n) is 14.6. The van der Waals surface area contributed by atoms with E-state index < -0.39 is 0 Å². The molecule has 1 N–H and O–H groups in total. The average Bonchev–Trinajstić information content (AvgIpc) is 3.36. The number of hydrogen-bond acceptors (Lipinski definition) is 6. The molecule has 3 heterocycles. The van der Waals surface area contributed by atoms with Crippen LogP contribution in [0, 0.1) is 3.70 Å². The number of hydrogen-bond donors (Lipinski definition) is 1. The molecular weight excluding hydrogens is 527 g/mol. The lowest BCUT2D eigenvalue weighted by Gasteiger charge is -2.06. The molecule has 29 heavy (non-hydrogen) atoms. The Bertz CT molecular complexity index is 1230. The third-order valence-electron chi connectivity index (χ3n) is 3.93. The van der Waals surface area contributed by atoms with Crippen LogP contribution in [-0.2, 0) is 6.54 Å². The predicted octanol–water partition coefficient (Wildman–Crippen LogP) is 3.06. The van der Waals surface area contributed by atoms with E-state index >= 15 is 0 Å². The van der Waals surface area contributed by atoms with Crippen LogP contribution in [-0.4, -0.2) is 30.5 Å². The number of carbonyl (C=O) groups is 1. The Morgan fingerprint density at radius 1 is 1.14 bits per heavy atom. The minimum Gasteiger partial charge on any atom is -0.346 e. The van der Waals surface area contributed by atoms with Crippen molar-refractivity contribution in [1.82, 2.24) is 29.9 Å². The number of rotatable bonds is 5. The number of thiophene rings is 1. The summed E-state index contributed by atoms with van der Waals surface area (Å²) in [6, 6.07) is 12.4. The number of halogens is 2. The molecule has 0 aliphatic heterocycles. The normalized spacial score (nSPS) is 10.8. The van der Waals surface area contributed by atoms with Gasteiger partial charge in [0.05, 0.1) is 33.3 Å². The molecule has 3 aromatic heterocycles. The lowest BCUT2D eigenvalue weighted by molar-refractivity contribution is 0.0954. The van der Waals surface area contributed by atoms with Crippen LogP contribution in [0.25, 0.3) is 11.4 Å². The number of aromatic nitrogens is 5. The van der Waals surface area contributed by atoms with Gasteiger partial charge in [-0.15, -0.1) is 16.4 Å². The Labute approximate surface area is 187 Å². The first kappa shape index (κ1) is 19.7. The smallest absolute Gasteiger partial charge is 0.346 e. The largest absolute Gasteiger partial charge is 0.353 e. The summed E-state index contributed by atoms with van der Waals surface area (Å²) in [7, 11) is 0. The molecule has 0 bridgehead atoms. The Hall–Kier alpha value is -2.57. The molecule has 0 fully saturated rings. The molecule has 146 valence electrons. The zero-order valence-corrected chi connectivity index (χ0v) is 18.3. The summed E-state index contributed by atoms with van der Waals surface area (Å²) in [4.78, 5) is 28.5. The van der Waals surface area contributed by atoms with Gasteiger partial charge in [-0.3, -0.25) is 9.36 Å². The Kier molecular flexibility index (Phi) is 5.74. The van der Waals surface area contributed by atoms with Gasteiger partial charge in [-0.1, -0.05) is 16.8 Å². The second-order valence-corrected chi connectivity index (χ2v) is 8.68. The van der Waals surface area contributed by atoms with Crippen LogP contribution in [0.1, 0.15) is 15.4 Å². The minimum absolute atomic E-state index is 0.211. The summed E-state index contributed by atoms with van der Waals surface area (Å²) >= 11 is 9.06. The first-order chi connectivity index (χ1) is 14.0. The molecule has 1 aromatic carbocycles. The van der Waals surface area contributed by atoms with Crippen molar-refractivity contribution >= 4 is 51.4 Å². The van der Waals surface area contributed by atoms with Crippen molar-refractivity contribution in [3.8, 4) is 11.4 Å². The fraction of sp³-hybridized carbons (Fsp3) is 0.0556. The monoisotopic (exact) mass is 538 g/mol. The number of benzene rings is 1. The zero-order chi connectivity index (χ0) is 20.4. The third-order valence-corrected chi connectivity index (χ3v) is 5.76. The Morgan fingerprint density at radius 3 is 2.59 bits per heavy atom. The van der Waals surface area contributed by atoms with Gasteiger partial charge >= 0.3 is 5.69 Å². The van der Waals surface area contributed by atoms with Gasteiger partial charge in [-0.05, 0) is 65.1 Å². The number of nitrogens with zero attached hydrogens (tertiary/aromatic N) is 5. The molecular formula is C18H12ClIN6O2S. The summed E-state index contributed by atoms with van der Waals surface area (Å²) in [5.41, 5.74) is 1.75. The maximum absolute atomic E-state index is 12.1. The van der Waals surface area contributed by atoms with Gasteiger partial charge in [-0.2, -0.15) is 4.98 Å². The van der Waals surface area contributed by atoms with Crippen LogP contribution in [0.5, 0.6) is 0 Å². The molecule has 0 saturated heterocycles. The van der Waals surface area contributed by atoms with Crippen molar-refractivity contribution in [3.05, 3.63) is 84.0 Å². The van der Waals surface area contributed by atoms with E-state index in [1.807, 2.05) is 34.7 Å². The lowest BCUT2D eigenvalue weighted by Crippen LogP contribution is -2.21. The molecule has 4 aromatic rings. The highest BCUT2D eigenvalue weighted by Gasteiger charge is 2.10. The SMILES string of the molecule is O=C(NCc1cn(-c2ccc(-n3ccc(I)nc3=O)cc2)nn1)c1ccc(Cl)s1. The number of carbonyl (C=O) groups excluding carboxylic acids is 1. The van der Waals surface area contributed by atoms with E-state index in [-0.39, 0.29) is 18.1 Å². The van der Waals surface area contributed by atoms with E-state index in [0.717, 1.165) is 5.69 Å². The maximum atomic E-state index is 12.1. The molecule has 0 saturated carbocycles. The van der Waals surface area contributed by atoms with Crippen molar-refractivity contribution in [2.75, 3.05) is 0 Å². The van der Waals surface area contributed by atoms with E-state index in [4.69, 9.17) is 11.6 Å². The molecule has 8 nitrogen and oxygen atoms in total. The predicted molar refractivity (Wildman–Crippen MR) is 118 cm³/mol. The van der Waals surface area contributed by atoms with Crippen LogP contribution in [0.15, 0.2) is 59.7 Å². The van der Waals surface area contributed by atoms with Crippen LogP contribution < -0.4 is 11.0 Å². The van der Waals surface area contributed by atoms with Crippen LogP contribution in [0.4, 0.5) is 0 Å². The van der Waals surface area contributed by atoms with Crippen molar-refractivity contribution in [3.63, 3.8) is 0 Å². The summed E-state index contributed by atoms with van der Waals surface area (Å²) < 4.78 is 4.27. The summed E-state index contributed by atoms with van der Waals surface area (Å²) in [5, 5.41) is 11.0. The van der Waals surface area contributed by atoms with E-state index in [9.17, 15) is 9.59 Å². The van der Waals surface area contributed by atoms with E-state index in [2.05, 4.69) is 20.6 Å². The average molecular weight is 539 g/mol. The van der Waals surface area contributed by atoms with Crippen molar-refractivity contribution in [1.29, 1.82) is 0 Å². The van der Waals surface area contributed by atoms with Gasteiger partial charge in [-0.25, -0.2) is 9.48 Å². The van der Waals surface area contributed by atoms with Crippen LogP contribution in [0.2, 0.25) is 4.34 Å². The molecule has 0 aliphatic carbocycles. The van der Waals surface area contributed by atoms with Gasteiger partial charge in [0.2, 0.25) is 0 Å². The van der Waals surface area contributed by atoms with Crippen LogP contribution in [0.3, 0.4) is 0 Å². The summed E-state index contributed by atoms with van der Waals surface area (Å²) in [6.45, 7) is 0.246. The molecule has 0 radical (unpaired) electrons. The summed E-state index contributed by atoms with van der Waals surface area (Å²) in [6.07, 6.45) is 3.42. The van der Waals surface area contributed by atoms with E-state index in [1.54, 1.807) is 47.4 Å². The van der Waals surface area contributed by atoms with Gasteiger partial charge < -0.3 is 5.32 Å². The fourth-order valence-corrected chi connectivity index (χ4v) is 3.87. The molecule has 0 aliphatic rings. The van der Waals surface area contributed by atoms with Gasteiger partial charge in [0, 0.05) is 6.20 Å². The van der Waals surface area contributed by atoms with Gasteiger partial charge in [0.25, 0.3) is 5.91 Å². The summed E-state index contributed by atoms with van der Waals surface area (Å²) in [5.74, 6) is -0.211. The highest BCUT2D eigenvalue weighted by Crippen LogP contribution is 2.21. The Morgan fingerprint density at radius 2 is 1.90 bits per heavy atom. The number of amides is 1. The third kappa shape index (κ3) is 4.54. The highest BCUT2D eigenvalue weighted by molar-refractivity contribution is 14.1. The quantitative estimate of drug-likeness (QED) is 0.311. The van der Waals surface area contributed by atoms with E-state index in [1.165, 1.54) is 15.9 Å². The van der Waals surface area contributed by atoms with Gasteiger partial charge in [0.15, 0.2) is 0 Å². The molecule has 0 unspecified atom stereocenters.